The number of carbonyl (C=O) groups excluding carboxylic acids is 1. The number of aromatic nitrogens is 1. The minimum atomic E-state index is -3.67. The van der Waals surface area contributed by atoms with Crippen molar-refractivity contribution < 1.29 is 17.6 Å². The van der Waals surface area contributed by atoms with Gasteiger partial charge >= 0.3 is 0 Å². The van der Waals surface area contributed by atoms with Crippen molar-refractivity contribution in [3.63, 3.8) is 0 Å². The molecular weight excluding hydrogens is 431 g/mol. The summed E-state index contributed by atoms with van der Waals surface area (Å²) in [7, 11) is -1.86. The third-order valence-electron chi connectivity index (χ3n) is 6.41. The third-order valence-corrected chi connectivity index (χ3v) is 9.01. The number of carbonyl (C=O) groups is 1. The molecule has 0 aliphatic carbocycles. The minimum absolute atomic E-state index is 0.0148. The molecule has 1 atom stereocenters. The zero-order valence-corrected chi connectivity index (χ0v) is 19.5. The molecule has 3 heterocycles. The lowest BCUT2D eigenvalue weighted by molar-refractivity contribution is 0.0987. The number of hydrogen-bond acceptors (Lipinski definition) is 7. The molecule has 9 heteroatoms. The van der Waals surface area contributed by atoms with Crippen LogP contribution < -0.4 is 5.73 Å². The molecule has 0 saturated carbocycles. The molecule has 0 bridgehead atoms. The lowest BCUT2D eigenvalue weighted by atomic mass is 9.89. The molecular formula is C23H27FN4O3S. The molecule has 2 aliphatic heterocycles. The molecule has 170 valence electrons. The van der Waals surface area contributed by atoms with Crippen LogP contribution in [0.5, 0.6) is 0 Å². The number of likely N-dealkylation sites (tertiary alicyclic amines) is 1. The zero-order valence-electron chi connectivity index (χ0n) is 18.6. The number of Topliss-reactive ketones (excluding diaryl/α,β-unsaturated/α-hetero) is 1. The van der Waals surface area contributed by atoms with E-state index in [4.69, 9.17) is 5.73 Å². The number of rotatable bonds is 4. The molecule has 0 amide bonds. The number of amidine groups is 1. The molecule has 2 N–H and O–H groups in total. The average molecular weight is 459 g/mol. The van der Waals surface area contributed by atoms with Gasteiger partial charge in [0.1, 0.15) is 22.9 Å². The second-order valence-electron chi connectivity index (χ2n) is 9.29. The number of ketones is 1. The van der Waals surface area contributed by atoms with Gasteiger partial charge in [-0.15, -0.1) is 0 Å². The van der Waals surface area contributed by atoms with Crippen molar-refractivity contribution >= 4 is 21.5 Å². The number of halogens is 1. The summed E-state index contributed by atoms with van der Waals surface area (Å²) < 4.78 is 40.1. The summed E-state index contributed by atoms with van der Waals surface area (Å²) >= 11 is 0. The Kier molecular flexibility index (Phi) is 5.25. The van der Waals surface area contributed by atoms with Gasteiger partial charge in [0.05, 0.1) is 5.75 Å². The Hall–Kier alpha value is -2.65. The quantitative estimate of drug-likeness (QED) is 0.702. The van der Waals surface area contributed by atoms with Gasteiger partial charge in [0.25, 0.3) is 0 Å². The summed E-state index contributed by atoms with van der Waals surface area (Å²) in [5.41, 5.74) is 7.56. The Morgan fingerprint density at radius 2 is 1.94 bits per heavy atom. The van der Waals surface area contributed by atoms with Crippen LogP contribution in [0.1, 0.15) is 39.7 Å². The summed E-state index contributed by atoms with van der Waals surface area (Å²) in [5, 5.41) is 0. The van der Waals surface area contributed by atoms with Gasteiger partial charge in [-0.2, -0.15) is 0 Å². The molecule has 1 spiro atoms. The van der Waals surface area contributed by atoms with E-state index in [-0.39, 0.29) is 42.4 Å². The molecule has 1 aromatic heterocycles. The van der Waals surface area contributed by atoms with Gasteiger partial charge in [0.15, 0.2) is 20.4 Å². The summed E-state index contributed by atoms with van der Waals surface area (Å²) in [5.74, 6) is -1.10. The number of nitrogens with two attached hydrogens (primary N) is 1. The minimum Gasteiger partial charge on any atom is -0.386 e. The molecule has 1 fully saturated rings. The van der Waals surface area contributed by atoms with Crippen LogP contribution in [-0.2, 0) is 21.8 Å². The van der Waals surface area contributed by atoms with E-state index in [0.717, 1.165) is 11.1 Å². The number of nitrogens with zero attached hydrogens (tertiary/aromatic N) is 3. The number of sulfone groups is 1. The molecule has 7 nitrogen and oxygen atoms in total. The van der Waals surface area contributed by atoms with Crippen molar-refractivity contribution in [2.45, 2.75) is 37.5 Å². The first-order chi connectivity index (χ1) is 14.9. The first-order valence-corrected chi connectivity index (χ1v) is 12.0. The summed E-state index contributed by atoms with van der Waals surface area (Å²) in [6.07, 6.45) is 1.65. The molecule has 1 aromatic carbocycles. The van der Waals surface area contributed by atoms with Gasteiger partial charge in [-0.1, -0.05) is 12.1 Å². The highest BCUT2D eigenvalue weighted by atomic mass is 32.2. The highest BCUT2D eigenvalue weighted by molar-refractivity contribution is 7.93. The molecule has 0 radical (unpaired) electrons. The van der Waals surface area contributed by atoms with Gasteiger partial charge in [-0.25, -0.2) is 12.8 Å². The van der Waals surface area contributed by atoms with Crippen molar-refractivity contribution in [2.24, 2.45) is 10.7 Å². The van der Waals surface area contributed by atoms with Crippen LogP contribution in [0.25, 0.3) is 0 Å². The molecule has 1 saturated heterocycles. The number of benzene rings is 1. The molecule has 32 heavy (non-hydrogen) atoms. The fourth-order valence-corrected chi connectivity index (χ4v) is 7.20. The molecule has 4 rings (SSSR count). The SMILES string of the molecule is Cc1cnc(C(=O)Cc2ccc(F)c([C@]3(C)CS(=O)(=O)C4(CN(C)C4)C(N)=N3)c2)c(C)c1. The maximum absolute atomic E-state index is 14.9. The topological polar surface area (TPSA) is 106 Å². The first-order valence-electron chi connectivity index (χ1n) is 10.4. The van der Waals surface area contributed by atoms with Crippen molar-refractivity contribution in [3.8, 4) is 0 Å². The number of hydrogen-bond donors (Lipinski definition) is 1. The largest absolute Gasteiger partial charge is 0.386 e. The van der Waals surface area contributed by atoms with Crippen LogP contribution in [0.4, 0.5) is 4.39 Å². The van der Waals surface area contributed by atoms with E-state index in [1.54, 1.807) is 13.1 Å². The fourth-order valence-electron chi connectivity index (χ4n) is 4.76. The Morgan fingerprint density at radius 1 is 1.25 bits per heavy atom. The lowest BCUT2D eigenvalue weighted by Gasteiger charge is -2.51. The average Bonchev–Trinajstić information content (AvgIpc) is 2.64. The Bertz CT molecular complexity index is 1250. The Labute approximate surface area is 187 Å². The fraction of sp³-hybridized carbons (Fsp3) is 0.435. The van der Waals surface area contributed by atoms with Crippen LogP contribution in [0.15, 0.2) is 35.5 Å². The van der Waals surface area contributed by atoms with Gasteiger partial charge in [0.2, 0.25) is 0 Å². The van der Waals surface area contributed by atoms with Crippen molar-refractivity contribution in [1.82, 2.24) is 9.88 Å². The van der Waals surface area contributed by atoms with Crippen LogP contribution in [-0.4, -0.2) is 60.6 Å². The van der Waals surface area contributed by atoms with E-state index < -0.39 is 25.9 Å². The van der Waals surface area contributed by atoms with Crippen LogP contribution in [0.2, 0.25) is 0 Å². The highest BCUT2D eigenvalue weighted by Crippen LogP contribution is 2.41. The van der Waals surface area contributed by atoms with Crippen molar-refractivity contribution in [1.29, 1.82) is 0 Å². The molecule has 2 aromatic rings. The van der Waals surface area contributed by atoms with E-state index in [9.17, 15) is 17.6 Å². The Balaban J connectivity index is 1.69. The zero-order chi connectivity index (χ0) is 23.5. The summed E-state index contributed by atoms with van der Waals surface area (Å²) in [6, 6.07) is 6.18. The third kappa shape index (κ3) is 3.53. The standard InChI is InChI=1S/C23H27FN4O3S/c1-14-7-15(2)20(26-10-14)19(29)9-16-5-6-18(24)17(8-16)22(3)13-32(30,31)23(21(25)27-22)11-28(4)12-23/h5-8,10H,9,11-13H2,1-4H3,(H2,25,27)/t22-/m0/s1. The van der Waals surface area contributed by atoms with Gasteiger partial charge in [-0.05, 0) is 56.6 Å². The van der Waals surface area contributed by atoms with E-state index >= 15 is 0 Å². The van der Waals surface area contributed by atoms with Gasteiger partial charge in [-0.3, -0.25) is 14.8 Å². The predicted molar refractivity (Wildman–Crippen MR) is 121 cm³/mol. The van der Waals surface area contributed by atoms with E-state index in [2.05, 4.69) is 9.98 Å². The second kappa shape index (κ2) is 7.45. The molecule has 0 unspecified atom stereocenters. The van der Waals surface area contributed by atoms with Crippen LogP contribution in [0.3, 0.4) is 0 Å². The van der Waals surface area contributed by atoms with Crippen LogP contribution in [0, 0.1) is 19.7 Å². The number of pyridine rings is 1. The summed E-state index contributed by atoms with van der Waals surface area (Å²) in [4.78, 5) is 23.4. The number of aliphatic imine (C=N–C) groups is 1. The smallest absolute Gasteiger partial charge is 0.185 e. The summed E-state index contributed by atoms with van der Waals surface area (Å²) in [6.45, 7) is 5.85. The monoisotopic (exact) mass is 458 g/mol. The van der Waals surface area contributed by atoms with Gasteiger partial charge in [0, 0.05) is 31.3 Å². The Morgan fingerprint density at radius 3 is 2.53 bits per heavy atom. The predicted octanol–water partition coefficient (Wildman–Crippen LogP) is 1.95. The maximum atomic E-state index is 14.9. The normalized spacial score (nSPS) is 24.1. The molecule has 2 aliphatic rings. The van der Waals surface area contributed by atoms with Crippen molar-refractivity contribution in [3.05, 3.63) is 64.2 Å². The van der Waals surface area contributed by atoms with E-state index in [1.807, 2.05) is 31.9 Å². The van der Waals surface area contributed by atoms with Crippen molar-refractivity contribution in [2.75, 3.05) is 25.9 Å². The first kappa shape index (κ1) is 22.5. The maximum Gasteiger partial charge on any atom is 0.185 e. The van der Waals surface area contributed by atoms with Gasteiger partial charge < -0.3 is 10.6 Å². The highest BCUT2D eigenvalue weighted by Gasteiger charge is 2.60. The lowest BCUT2D eigenvalue weighted by Crippen LogP contribution is -2.73. The number of aryl methyl sites for hydroxylation is 2. The van der Waals surface area contributed by atoms with E-state index in [1.165, 1.54) is 18.2 Å². The van der Waals surface area contributed by atoms with Crippen LogP contribution >= 0.6 is 0 Å². The van der Waals surface area contributed by atoms with E-state index in [0.29, 0.717) is 11.3 Å². The second-order valence-corrected chi connectivity index (χ2v) is 11.6.